The average molecular weight is 180 g/mol. The van der Waals surface area contributed by atoms with Crippen molar-refractivity contribution in [2.45, 2.75) is 57.8 Å². The van der Waals surface area contributed by atoms with Crippen LogP contribution in [0.4, 0.5) is 0 Å². The average Bonchev–Trinajstić information content (AvgIpc) is 2.74. The summed E-state index contributed by atoms with van der Waals surface area (Å²) in [5, 5.41) is 0. The zero-order chi connectivity index (χ0) is 9.10. The predicted octanol–water partition coefficient (Wildman–Crippen LogP) is 3.33. The van der Waals surface area contributed by atoms with Gasteiger partial charge in [0.25, 0.3) is 0 Å². The van der Waals surface area contributed by atoms with Gasteiger partial charge in [0.2, 0.25) is 0 Å². The van der Waals surface area contributed by atoms with E-state index < -0.39 is 0 Å². The number of ketones is 1. The van der Waals surface area contributed by atoms with Crippen LogP contribution in [-0.4, -0.2) is 5.78 Å². The Kier molecular flexibility index (Phi) is 3.02. The molecule has 13 heavy (non-hydrogen) atoms. The van der Waals surface area contributed by atoms with Gasteiger partial charge < -0.3 is 0 Å². The summed E-state index contributed by atoms with van der Waals surface area (Å²) in [5.74, 6) is 1.80. The normalized spacial score (nSPS) is 25.5. The van der Waals surface area contributed by atoms with Crippen LogP contribution in [0, 0.1) is 11.8 Å². The van der Waals surface area contributed by atoms with Gasteiger partial charge in [-0.05, 0) is 18.8 Å². The Morgan fingerprint density at radius 3 is 2.08 bits per heavy atom. The lowest BCUT2D eigenvalue weighted by molar-refractivity contribution is -0.123. The third kappa shape index (κ3) is 2.32. The fourth-order valence-corrected chi connectivity index (χ4v) is 2.91. The van der Waals surface area contributed by atoms with E-state index in [0.717, 1.165) is 12.3 Å². The van der Waals surface area contributed by atoms with Crippen molar-refractivity contribution >= 4 is 5.78 Å². The Morgan fingerprint density at radius 1 is 0.923 bits per heavy atom. The number of carbonyl (C=O) groups excluding carboxylic acids is 1. The summed E-state index contributed by atoms with van der Waals surface area (Å²) >= 11 is 0. The van der Waals surface area contributed by atoms with Gasteiger partial charge in [0, 0.05) is 12.3 Å². The molecule has 0 bridgehead atoms. The lowest BCUT2D eigenvalue weighted by Crippen LogP contribution is -2.14. The van der Waals surface area contributed by atoms with Gasteiger partial charge in [0.1, 0.15) is 5.78 Å². The minimum absolute atomic E-state index is 0.459. The molecule has 0 unspecified atom stereocenters. The van der Waals surface area contributed by atoms with Crippen LogP contribution in [0.2, 0.25) is 0 Å². The van der Waals surface area contributed by atoms with Crippen molar-refractivity contribution in [2.75, 3.05) is 0 Å². The molecule has 0 saturated heterocycles. The molecule has 1 nitrogen and oxygen atoms in total. The van der Waals surface area contributed by atoms with Crippen LogP contribution in [0.15, 0.2) is 0 Å². The fourth-order valence-electron chi connectivity index (χ4n) is 2.91. The third-order valence-electron chi connectivity index (χ3n) is 3.78. The molecule has 2 saturated carbocycles. The minimum Gasteiger partial charge on any atom is -0.299 e. The molecule has 0 aromatic carbocycles. The van der Waals surface area contributed by atoms with Gasteiger partial charge >= 0.3 is 0 Å². The molecule has 2 rings (SSSR count). The first-order chi connectivity index (χ1) is 6.36. The van der Waals surface area contributed by atoms with Gasteiger partial charge in [-0.25, -0.2) is 0 Å². The maximum Gasteiger partial charge on any atom is 0.136 e. The molecular formula is C12H20O. The topological polar surface area (TPSA) is 17.1 Å². The summed E-state index contributed by atoms with van der Waals surface area (Å²) in [6.45, 7) is 0. The molecule has 0 heterocycles. The van der Waals surface area contributed by atoms with E-state index in [1.807, 2.05) is 0 Å². The molecule has 74 valence electrons. The van der Waals surface area contributed by atoms with Crippen molar-refractivity contribution in [2.24, 2.45) is 11.8 Å². The van der Waals surface area contributed by atoms with Gasteiger partial charge in [-0.1, -0.05) is 38.5 Å². The van der Waals surface area contributed by atoms with Gasteiger partial charge in [-0.3, -0.25) is 4.79 Å². The van der Waals surface area contributed by atoms with Crippen molar-refractivity contribution in [3.05, 3.63) is 0 Å². The van der Waals surface area contributed by atoms with E-state index in [2.05, 4.69) is 0 Å². The minimum atomic E-state index is 0.459. The predicted molar refractivity (Wildman–Crippen MR) is 53.5 cm³/mol. The van der Waals surface area contributed by atoms with Crippen LogP contribution in [0.5, 0.6) is 0 Å². The van der Waals surface area contributed by atoms with E-state index in [-0.39, 0.29) is 0 Å². The molecule has 2 aliphatic rings. The lowest BCUT2D eigenvalue weighted by Gasteiger charge is -2.11. The van der Waals surface area contributed by atoms with Crippen molar-refractivity contribution < 1.29 is 4.79 Å². The summed E-state index contributed by atoms with van der Waals surface area (Å²) < 4.78 is 0. The molecule has 2 aliphatic carbocycles. The van der Waals surface area contributed by atoms with Gasteiger partial charge in [-0.2, -0.15) is 0 Å². The molecule has 0 atom stereocenters. The van der Waals surface area contributed by atoms with Crippen molar-refractivity contribution in [3.63, 3.8) is 0 Å². The smallest absolute Gasteiger partial charge is 0.136 e. The highest BCUT2D eigenvalue weighted by Gasteiger charge is 2.26. The molecular weight excluding hydrogens is 160 g/mol. The Labute approximate surface area is 80.9 Å². The standard InChI is InChI=1S/C12H20O/c13-12(11-7-3-4-8-11)9-10-5-1-2-6-10/h10-11H,1-9H2. The summed E-state index contributed by atoms with van der Waals surface area (Å²) in [6, 6.07) is 0. The van der Waals surface area contributed by atoms with E-state index in [0.29, 0.717) is 11.7 Å². The van der Waals surface area contributed by atoms with Gasteiger partial charge in [0.05, 0.1) is 0 Å². The molecule has 0 aromatic rings. The Balaban J connectivity index is 1.76. The molecule has 0 aliphatic heterocycles. The van der Waals surface area contributed by atoms with Crippen LogP contribution >= 0.6 is 0 Å². The monoisotopic (exact) mass is 180 g/mol. The number of rotatable bonds is 3. The number of hydrogen-bond donors (Lipinski definition) is 0. The van der Waals surface area contributed by atoms with E-state index in [9.17, 15) is 4.79 Å². The highest BCUT2D eigenvalue weighted by atomic mass is 16.1. The zero-order valence-corrected chi connectivity index (χ0v) is 8.43. The van der Waals surface area contributed by atoms with Gasteiger partial charge in [-0.15, -0.1) is 0 Å². The fraction of sp³-hybridized carbons (Fsp3) is 0.917. The molecule has 0 amide bonds. The van der Waals surface area contributed by atoms with Crippen LogP contribution in [0.1, 0.15) is 57.8 Å². The van der Waals surface area contributed by atoms with E-state index in [1.54, 1.807) is 0 Å². The summed E-state index contributed by atoms with van der Waals surface area (Å²) in [6.07, 6.45) is 11.2. The first-order valence-electron chi connectivity index (χ1n) is 5.89. The number of Topliss-reactive ketones (excluding diaryl/α,β-unsaturated/α-hetero) is 1. The van der Waals surface area contributed by atoms with Gasteiger partial charge in [0.15, 0.2) is 0 Å². The largest absolute Gasteiger partial charge is 0.299 e. The Morgan fingerprint density at radius 2 is 1.46 bits per heavy atom. The first kappa shape index (κ1) is 9.23. The summed E-state index contributed by atoms with van der Waals surface area (Å²) in [4.78, 5) is 11.8. The Bertz CT molecular complexity index is 174. The number of hydrogen-bond acceptors (Lipinski definition) is 1. The maximum atomic E-state index is 11.8. The summed E-state index contributed by atoms with van der Waals surface area (Å²) in [5.41, 5.74) is 0. The second-order valence-corrected chi connectivity index (χ2v) is 4.80. The van der Waals surface area contributed by atoms with E-state index in [4.69, 9.17) is 0 Å². The van der Waals surface area contributed by atoms with Crippen LogP contribution in [0.25, 0.3) is 0 Å². The highest BCUT2D eigenvalue weighted by Crippen LogP contribution is 2.32. The maximum absolute atomic E-state index is 11.8. The second-order valence-electron chi connectivity index (χ2n) is 4.80. The highest BCUT2D eigenvalue weighted by molar-refractivity contribution is 5.81. The van der Waals surface area contributed by atoms with Crippen molar-refractivity contribution in [1.82, 2.24) is 0 Å². The Hall–Kier alpha value is -0.330. The lowest BCUT2D eigenvalue weighted by atomic mass is 9.92. The molecule has 0 spiro atoms. The molecule has 0 N–H and O–H groups in total. The zero-order valence-electron chi connectivity index (χ0n) is 8.43. The molecule has 0 radical (unpaired) electrons. The van der Waals surface area contributed by atoms with Crippen molar-refractivity contribution in [3.8, 4) is 0 Å². The quantitative estimate of drug-likeness (QED) is 0.651. The van der Waals surface area contributed by atoms with Crippen LogP contribution in [-0.2, 0) is 4.79 Å². The SMILES string of the molecule is O=C(CC1CCCC1)C1CCCC1. The van der Waals surface area contributed by atoms with Crippen LogP contribution < -0.4 is 0 Å². The first-order valence-corrected chi connectivity index (χ1v) is 5.89. The van der Waals surface area contributed by atoms with E-state index in [1.165, 1.54) is 51.4 Å². The number of carbonyl (C=O) groups is 1. The molecule has 1 heteroatoms. The van der Waals surface area contributed by atoms with Crippen LogP contribution in [0.3, 0.4) is 0 Å². The van der Waals surface area contributed by atoms with Crippen molar-refractivity contribution in [1.29, 1.82) is 0 Å². The molecule has 2 fully saturated rings. The summed E-state index contributed by atoms with van der Waals surface area (Å²) in [7, 11) is 0. The molecule has 0 aromatic heterocycles. The second kappa shape index (κ2) is 4.26. The third-order valence-corrected chi connectivity index (χ3v) is 3.78. The van der Waals surface area contributed by atoms with E-state index >= 15 is 0 Å².